The monoisotopic (exact) mass is 166 g/mol. The summed E-state index contributed by atoms with van der Waals surface area (Å²) < 4.78 is 0. The Morgan fingerprint density at radius 2 is 1.67 bits per heavy atom. The summed E-state index contributed by atoms with van der Waals surface area (Å²) in [6.07, 6.45) is 16.7. The minimum absolute atomic E-state index is 1.24. The van der Waals surface area contributed by atoms with E-state index in [9.17, 15) is 0 Å². The highest BCUT2D eigenvalue weighted by Crippen LogP contribution is 2.05. The first-order valence-electron chi connectivity index (χ1n) is 5.19. The van der Waals surface area contributed by atoms with Gasteiger partial charge in [-0.3, -0.25) is 0 Å². The Balaban J connectivity index is 3.00. The molecule has 0 heteroatoms. The van der Waals surface area contributed by atoms with Gasteiger partial charge in [0, 0.05) is 0 Å². The van der Waals surface area contributed by atoms with E-state index in [1.807, 2.05) is 6.92 Å². The molecule has 0 aliphatic carbocycles. The van der Waals surface area contributed by atoms with Crippen LogP contribution in [-0.4, -0.2) is 0 Å². The molecular weight excluding hydrogens is 144 g/mol. The fraction of sp³-hybridized carbons (Fsp3) is 0.667. The van der Waals surface area contributed by atoms with Gasteiger partial charge < -0.3 is 0 Å². The normalized spacial score (nSPS) is 11.8. The molecule has 0 amide bonds. The number of hydrogen-bond donors (Lipinski definition) is 0. The van der Waals surface area contributed by atoms with Crippen LogP contribution < -0.4 is 0 Å². The maximum Gasteiger partial charge on any atom is -0.0348 e. The van der Waals surface area contributed by atoms with E-state index in [0.717, 1.165) is 0 Å². The summed E-state index contributed by atoms with van der Waals surface area (Å²) in [4.78, 5) is 0. The van der Waals surface area contributed by atoms with Gasteiger partial charge in [0.2, 0.25) is 0 Å². The largest absolute Gasteiger partial charge is 0.0877 e. The summed E-state index contributed by atoms with van der Waals surface area (Å²) in [5.74, 6) is 0. The molecule has 0 nitrogen and oxygen atoms in total. The van der Waals surface area contributed by atoms with Crippen molar-refractivity contribution in [1.29, 1.82) is 0 Å². The smallest absolute Gasteiger partial charge is 0.0348 e. The fourth-order valence-corrected chi connectivity index (χ4v) is 1.15. The van der Waals surface area contributed by atoms with Crippen LogP contribution in [0.25, 0.3) is 0 Å². The van der Waals surface area contributed by atoms with Crippen LogP contribution in [0.15, 0.2) is 24.3 Å². The van der Waals surface area contributed by atoms with Gasteiger partial charge in [-0.1, -0.05) is 56.9 Å². The predicted octanol–water partition coefficient (Wildman–Crippen LogP) is 4.48. The van der Waals surface area contributed by atoms with Crippen molar-refractivity contribution < 1.29 is 0 Å². The van der Waals surface area contributed by atoms with Gasteiger partial charge in [0.1, 0.15) is 0 Å². The summed E-state index contributed by atoms with van der Waals surface area (Å²) in [7, 11) is 0. The van der Waals surface area contributed by atoms with Crippen LogP contribution in [0.1, 0.15) is 52.4 Å². The predicted molar refractivity (Wildman–Crippen MR) is 57.3 cm³/mol. The van der Waals surface area contributed by atoms with Crippen molar-refractivity contribution in [3.05, 3.63) is 24.3 Å². The second kappa shape index (κ2) is 10.5. The molecule has 0 N–H and O–H groups in total. The Kier molecular flexibility index (Phi) is 10.0. The van der Waals surface area contributed by atoms with Crippen LogP contribution in [0.3, 0.4) is 0 Å². The maximum atomic E-state index is 2.26. The highest BCUT2D eigenvalue weighted by molar-refractivity contribution is 5.00. The van der Waals surface area contributed by atoms with Crippen molar-refractivity contribution in [1.82, 2.24) is 0 Å². The Bertz CT molecular complexity index is 120. The summed E-state index contributed by atoms with van der Waals surface area (Å²) in [6.45, 7) is 4.30. The second-order valence-electron chi connectivity index (χ2n) is 3.16. The van der Waals surface area contributed by atoms with Gasteiger partial charge >= 0.3 is 0 Å². The van der Waals surface area contributed by atoms with Crippen LogP contribution >= 0.6 is 0 Å². The number of rotatable bonds is 7. The second-order valence-corrected chi connectivity index (χ2v) is 3.16. The zero-order valence-electron chi connectivity index (χ0n) is 8.55. The average Bonchev–Trinajstić information content (AvgIpc) is 2.10. The first-order valence-corrected chi connectivity index (χ1v) is 5.19. The van der Waals surface area contributed by atoms with Crippen molar-refractivity contribution in [2.24, 2.45) is 0 Å². The Morgan fingerprint density at radius 3 is 2.33 bits per heavy atom. The van der Waals surface area contributed by atoms with E-state index in [1.54, 1.807) is 0 Å². The molecule has 70 valence electrons. The van der Waals surface area contributed by atoms with Crippen molar-refractivity contribution in [3.63, 3.8) is 0 Å². The summed E-state index contributed by atoms with van der Waals surface area (Å²) in [5, 5.41) is 0. The van der Waals surface area contributed by atoms with Gasteiger partial charge in [-0.2, -0.15) is 0 Å². The third kappa shape index (κ3) is 9.48. The Morgan fingerprint density at radius 1 is 0.917 bits per heavy atom. The molecule has 0 atom stereocenters. The SMILES string of the molecule is C/C=C/C=C\CCCCCCC. The van der Waals surface area contributed by atoms with E-state index in [0.29, 0.717) is 0 Å². The van der Waals surface area contributed by atoms with E-state index in [2.05, 4.69) is 31.2 Å². The minimum atomic E-state index is 1.24. The molecule has 12 heavy (non-hydrogen) atoms. The first kappa shape index (κ1) is 11.5. The lowest BCUT2D eigenvalue weighted by Crippen LogP contribution is -1.75. The van der Waals surface area contributed by atoms with Crippen LogP contribution in [0.2, 0.25) is 0 Å². The highest BCUT2D eigenvalue weighted by atomic mass is 13.9. The van der Waals surface area contributed by atoms with Crippen molar-refractivity contribution in [2.45, 2.75) is 52.4 Å². The standard InChI is InChI=1S/C12H22/c1-3-5-7-9-11-12-10-8-6-4-2/h3,5,7,9H,4,6,8,10-12H2,1-2H3/b5-3+,9-7-. The lowest BCUT2D eigenvalue weighted by Gasteiger charge is -1.95. The fourth-order valence-electron chi connectivity index (χ4n) is 1.15. The molecule has 0 bridgehead atoms. The Labute approximate surface area is 77.4 Å². The molecule has 0 radical (unpaired) electrons. The van der Waals surface area contributed by atoms with Gasteiger partial charge in [-0.05, 0) is 19.8 Å². The molecule has 0 aromatic carbocycles. The van der Waals surface area contributed by atoms with Crippen LogP contribution in [0.5, 0.6) is 0 Å². The molecule has 0 saturated heterocycles. The zero-order chi connectivity index (χ0) is 9.07. The van der Waals surface area contributed by atoms with E-state index in [4.69, 9.17) is 0 Å². The van der Waals surface area contributed by atoms with Gasteiger partial charge in [0.05, 0.1) is 0 Å². The third-order valence-corrected chi connectivity index (χ3v) is 1.91. The molecular formula is C12H22. The van der Waals surface area contributed by atoms with E-state index in [1.165, 1.54) is 38.5 Å². The van der Waals surface area contributed by atoms with Crippen molar-refractivity contribution >= 4 is 0 Å². The molecule has 0 aliphatic rings. The molecule has 0 fully saturated rings. The summed E-state index contributed by atoms with van der Waals surface area (Å²) >= 11 is 0. The van der Waals surface area contributed by atoms with Crippen LogP contribution in [0.4, 0.5) is 0 Å². The molecule has 0 aliphatic heterocycles. The molecule has 0 heterocycles. The summed E-state index contributed by atoms with van der Waals surface area (Å²) in [5.41, 5.74) is 0. The number of allylic oxidation sites excluding steroid dienone is 4. The van der Waals surface area contributed by atoms with E-state index >= 15 is 0 Å². The van der Waals surface area contributed by atoms with Gasteiger partial charge in [0.15, 0.2) is 0 Å². The van der Waals surface area contributed by atoms with E-state index < -0.39 is 0 Å². The molecule has 0 saturated carbocycles. The maximum absolute atomic E-state index is 2.26. The third-order valence-electron chi connectivity index (χ3n) is 1.91. The molecule has 0 unspecified atom stereocenters. The lowest BCUT2D eigenvalue weighted by molar-refractivity contribution is 0.637. The number of unbranched alkanes of at least 4 members (excludes halogenated alkanes) is 5. The molecule has 0 spiro atoms. The first-order chi connectivity index (χ1) is 5.91. The van der Waals surface area contributed by atoms with Crippen LogP contribution in [-0.2, 0) is 0 Å². The molecule has 0 rings (SSSR count). The van der Waals surface area contributed by atoms with Gasteiger partial charge in [-0.25, -0.2) is 0 Å². The molecule has 0 aromatic rings. The van der Waals surface area contributed by atoms with Crippen molar-refractivity contribution in [2.75, 3.05) is 0 Å². The Hall–Kier alpha value is -0.520. The average molecular weight is 166 g/mol. The van der Waals surface area contributed by atoms with Crippen LogP contribution in [0, 0.1) is 0 Å². The van der Waals surface area contributed by atoms with Gasteiger partial charge in [0.25, 0.3) is 0 Å². The topological polar surface area (TPSA) is 0 Å². The quantitative estimate of drug-likeness (QED) is 0.386. The highest BCUT2D eigenvalue weighted by Gasteiger charge is 1.85. The van der Waals surface area contributed by atoms with Gasteiger partial charge in [-0.15, -0.1) is 0 Å². The lowest BCUT2D eigenvalue weighted by atomic mass is 10.1. The minimum Gasteiger partial charge on any atom is -0.0877 e. The summed E-state index contributed by atoms with van der Waals surface area (Å²) in [6, 6.07) is 0. The van der Waals surface area contributed by atoms with E-state index in [-0.39, 0.29) is 0 Å². The van der Waals surface area contributed by atoms with Crippen molar-refractivity contribution in [3.8, 4) is 0 Å². The molecule has 0 aromatic heterocycles. The zero-order valence-corrected chi connectivity index (χ0v) is 8.55. The number of hydrogen-bond acceptors (Lipinski definition) is 0.